The average molecular weight is 240 g/mol. The highest BCUT2D eigenvalue weighted by atomic mass is 16.5. The van der Waals surface area contributed by atoms with E-state index in [2.05, 4.69) is 0 Å². The summed E-state index contributed by atoms with van der Waals surface area (Å²) in [6.45, 7) is 3.28. The fourth-order valence-electron chi connectivity index (χ4n) is 1.21. The highest BCUT2D eigenvalue weighted by Gasteiger charge is 2.21. The largest absolute Gasteiger partial charge is 0.493 e. The smallest absolute Gasteiger partial charge is 0.335 e. The zero-order chi connectivity index (χ0) is 13.1. The molecule has 0 aromatic heterocycles. The summed E-state index contributed by atoms with van der Waals surface area (Å²) in [5, 5.41) is 17.9. The molecule has 0 bridgehead atoms. The first kappa shape index (κ1) is 13.3. The van der Waals surface area contributed by atoms with Crippen LogP contribution in [0.3, 0.4) is 0 Å². The fourth-order valence-corrected chi connectivity index (χ4v) is 1.21. The number of hydrogen-bond donors (Lipinski definition) is 2. The lowest BCUT2D eigenvalue weighted by molar-refractivity contribution is 0.0389. The van der Waals surface area contributed by atoms with E-state index in [-0.39, 0.29) is 12.2 Å². The monoisotopic (exact) mass is 240 g/mol. The van der Waals surface area contributed by atoms with Crippen LogP contribution >= 0.6 is 0 Å². The molecule has 1 aromatic carbocycles. The minimum atomic E-state index is -1.03. The minimum absolute atomic E-state index is 0.121. The summed E-state index contributed by atoms with van der Waals surface area (Å²) in [5.41, 5.74) is -0.631. The topological polar surface area (TPSA) is 76.0 Å². The second kappa shape index (κ2) is 5.05. The molecule has 1 aromatic rings. The molecule has 0 unspecified atom stereocenters. The van der Waals surface area contributed by atoms with Crippen molar-refractivity contribution in [3.63, 3.8) is 0 Å². The lowest BCUT2D eigenvalue weighted by Crippen LogP contribution is -2.32. The van der Waals surface area contributed by atoms with Gasteiger partial charge in [0.05, 0.1) is 19.3 Å². The molecular formula is C12H16O5. The first-order valence-electron chi connectivity index (χ1n) is 5.11. The van der Waals surface area contributed by atoms with E-state index in [9.17, 15) is 4.79 Å². The van der Waals surface area contributed by atoms with E-state index in [0.29, 0.717) is 11.5 Å². The van der Waals surface area contributed by atoms with E-state index in [1.165, 1.54) is 25.3 Å². The highest BCUT2D eigenvalue weighted by Crippen LogP contribution is 2.31. The molecule has 17 heavy (non-hydrogen) atoms. The Balaban J connectivity index is 3.05. The third kappa shape index (κ3) is 3.35. The number of aromatic carboxylic acids is 1. The normalized spacial score (nSPS) is 11.1. The van der Waals surface area contributed by atoms with Crippen molar-refractivity contribution in [2.75, 3.05) is 13.7 Å². The van der Waals surface area contributed by atoms with Gasteiger partial charge >= 0.3 is 5.97 Å². The number of rotatable bonds is 5. The summed E-state index contributed by atoms with van der Waals surface area (Å²) in [7, 11) is 1.43. The molecule has 0 aliphatic rings. The molecule has 0 radical (unpaired) electrons. The molecule has 94 valence electrons. The van der Waals surface area contributed by atoms with Gasteiger partial charge in [0.25, 0.3) is 0 Å². The van der Waals surface area contributed by atoms with Gasteiger partial charge in [-0.3, -0.25) is 0 Å². The third-order valence-electron chi connectivity index (χ3n) is 2.18. The number of aliphatic hydroxyl groups excluding tert-OH is 1. The van der Waals surface area contributed by atoms with Crippen LogP contribution in [0.1, 0.15) is 24.2 Å². The molecule has 0 aliphatic heterocycles. The third-order valence-corrected chi connectivity index (χ3v) is 2.18. The van der Waals surface area contributed by atoms with Crippen LogP contribution in [0.2, 0.25) is 0 Å². The van der Waals surface area contributed by atoms with Crippen molar-refractivity contribution in [3.05, 3.63) is 23.8 Å². The van der Waals surface area contributed by atoms with Gasteiger partial charge < -0.3 is 19.7 Å². The predicted molar refractivity (Wildman–Crippen MR) is 61.7 cm³/mol. The number of benzene rings is 1. The molecule has 2 N–H and O–H groups in total. The first-order valence-corrected chi connectivity index (χ1v) is 5.11. The number of methoxy groups -OCH3 is 1. The van der Waals surface area contributed by atoms with Gasteiger partial charge in [0.15, 0.2) is 11.5 Å². The zero-order valence-corrected chi connectivity index (χ0v) is 10.1. The standard InChI is InChI=1S/C12H16O5/c1-12(2,7-13)17-9-5-4-8(11(14)15)6-10(9)16-3/h4-6,13H,7H2,1-3H3,(H,14,15). The SMILES string of the molecule is COc1cc(C(=O)O)ccc1OC(C)(C)CO. The van der Waals surface area contributed by atoms with Crippen LogP contribution in [-0.2, 0) is 0 Å². The van der Waals surface area contributed by atoms with Crippen molar-refractivity contribution in [1.82, 2.24) is 0 Å². The molecule has 0 amide bonds. The first-order chi connectivity index (χ1) is 7.89. The van der Waals surface area contributed by atoms with E-state index < -0.39 is 11.6 Å². The number of carboxylic acid groups (broad SMARTS) is 1. The fraction of sp³-hybridized carbons (Fsp3) is 0.417. The molecule has 0 atom stereocenters. The summed E-state index contributed by atoms with van der Waals surface area (Å²) >= 11 is 0. The Morgan fingerprint density at radius 2 is 2.00 bits per heavy atom. The van der Waals surface area contributed by atoms with Crippen LogP contribution < -0.4 is 9.47 Å². The van der Waals surface area contributed by atoms with Gasteiger partial charge in [-0.05, 0) is 32.0 Å². The van der Waals surface area contributed by atoms with Gasteiger partial charge in [-0.15, -0.1) is 0 Å². The van der Waals surface area contributed by atoms with Crippen LogP contribution in [0.15, 0.2) is 18.2 Å². The van der Waals surface area contributed by atoms with Gasteiger partial charge in [-0.25, -0.2) is 4.79 Å². The maximum absolute atomic E-state index is 10.8. The van der Waals surface area contributed by atoms with Gasteiger partial charge in [0, 0.05) is 0 Å². The number of carbonyl (C=O) groups is 1. The molecule has 0 saturated heterocycles. The summed E-state index contributed by atoms with van der Waals surface area (Å²) in [6, 6.07) is 4.32. The van der Waals surface area contributed by atoms with Crippen molar-refractivity contribution < 1.29 is 24.5 Å². The van der Waals surface area contributed by atoms with Gasteiger partial charge in [-0.1, -0.05) is 0 Å². The molecule has 5 nitrogen and oxygen atoms in total. The molecule has 0 spiro atoms. The van der Waals surface area contributed by atoms with Crippen LogP contribution in [-0.4, -0.2) is 35.5 Å². The maximum atomic E-state index is 10.8. The lowest BCUT2D eigenvalue weighted by atomic mass is 10.1. The van der Waals surface area contributed by atoms with E-state index >= 15 is 0 Å². The van der Waals surface area contributed by atoms with Crippen molar-refractivity contribution >= 4 is 5.97 Å². The summed E-state index contributed by atoms with van der Waals surface area (Å²) in [6.07, 6.45) is 0. The minimum Gasteiger partial charge on any atom is -0.493 e. The van der Waals surface area contributed by atoms with Gasteiger partial charge in [0.1, 0.15) is 5.60 Å². The quantitative estimate of drug-likeness (QED) is 0.816. The Bertz CT molecular complexity index is 411. The van der Waals surface area contributed by atoms with E-state index in [1.807, 2.05) is 0 Å². The summed E-state index contributed by atoms with van der Waals surface area (Å²) < 4.78 is 10.6. The summed E-state index contributed by atoms with van der Waals surface area (Å²) in [4.78, 5) is 10.8. The van der Waals surface area contributed by atoms with Crippen molar-refractivity contribution in [1.29, 1.82) is 0 Å². The van der Waals surface area contributed by atoms with Crippen molar-refractivity contribution in [2.45, 2.75) is 19.4 Å². The van der Waals surface area contributed by atoms with E-state index in [4.69, 9.17) is 19.7 Å². The van der Waals surface area contributed by atoms with Crippen molar-refractivity contribution in [3.8, 4) is 11.5 Å². The number of aliphatic hydroxyl groups is 1. The molecule has 0 saturated carbocycles. The molecule has 0 aliphatic carbocycles. The second-order valence-electron chi connectivity index (χ2n) is 4.19. The van der Waals surface area contributed by atoms with Crippen LogP contribution in [0.4, 0.5) is 0 Å². The van der Waals surface area contributed by atoms with Crippen LogP contribution in [0.25, 0.3) is 0 Å². The van der Waals surface area contributed by atoms with Gasteiger partial charge in [0.2, 0.25) is 0 Å². The van der Waals surface area contributed by atoms with E-state index in [0.717, 1.165) is 0 Å². The van der Waals surface area contributed by atoms with E-state index in [1.54, 1.807) is 13.8 Å². The van der Waals surface area contributed by atoms with Crippen LogP contribution in [0, 0.1) is 0 Å². The Hall–Kier alpha value is -1.75. The lowest BCUT2D eigenvalue weighted by Gasteiger charge is -2.25. The second-order valence-corrected chi connectivity index (χ2v) is 4.19. The van der Waals surface area contributed by atoms with Crippen molar-refractivity contribution in [2.24, 2.45) is 0 Å². The molecule has 1 rings (SSSR count). The number of carboxylic acids is 1. The van der Waals surface area contributed by atoms with Crippen LogP contribution in [0.5, 0.6) is 11.5 Å². The molecule has 0 fully saturated rings. The Labute approximate surface area is 99.6 Å². The highest BCUT2D eigenvalue weighted by molar-refractivity contribution is 5.88. The number of ether oxygens (including phenoxy) is 2. The predicted octanol–water partition coefficient (Wildman–Crippen LogP) is 1.54. The Kier molecular flexibility index (Phi) is 3.96. The average Bonchev–Trinajstić information content (AvgIpc) is 2.29. The Morgan fingerprint density at radius 1 is 1.35 bits per heavy atom. The molecular weight excluding hydrogens is 224 g/mol. The summed E-state index contributed by atoms with van der Waals surface area (Å²) in [5.74, 6) is -0.306. The molecule has 0 heterocycles. The zero-order valence-electron chi connectivity index (χ0n) is 10.1. The maximum Gasteiger partial charge on any atom is 0.335 e. The number of hydrogen-bond acceptors (Lipinski definition) is 4. The Morgan fingerprint density at radius 3 is 2.47 bits per heavy atom. The molecule has 5 heteroatoms. The van der Waals surface area contributed by atoms with Gasteiger partial charge in [-0.2, -0.15) is 0 Å².